The molecule has 0 bridgehead atoms. The Hall–Kier alpha value is -1.67. The van der Waals surface area contributed by atoms with Gasteiger partial charge in [-0.15, -0.1) is 0 Å². The van der Waals surface area contributed by atoms with E-state index in [1.54, 1.807) is 0 Å². The number of nitrogens with zero attached hydrogens (tertiary/aromatic N) is 1. The van der Waals surface area contributed by atoms with Gasteiger partial charge < -0.3 is 4.74 Å². The van der Waals surface area contributed by atoms with Crippen LogP contribution in [0.4, 0.5) is 0 Å². The monoisotopic (exact) mass is 243 g/mol. The fraction of sp³-hybridized carbons (Fsp3) is 0.312. The summed E-state index contributed by atoms with van der Waals surface area (Å²) in [6.07, 6.45) is 13.9. The molecule has 0 radical (unpaired) electrons. The van der Waals surface area contributed by atoms with Crippen molar-refractivity contribution in [2.24, 2.45) is 4.99 Å². The normalized spacial score (nSPS) is 14.4. The Morgan fingerprint density at radius 3 is 3.11 bits per heavy atom. The highest BCUT2D eigenvalue weighted by atomic mass is 16.5. The summed E-state index contributed by atoms with van der Waals surface area (Å²) in [6, 6.07) is 0. The molecule has 18 heavy (non-hydrogen) atoms. The summed E-state index contributed by atoms with van der Waals surface area (Å²) in [4.78, 5) is 4.14. The first-order valence-corrected chi connectivity index (χ1v) is 6.11. The number of ether oxygens (including phenoxy) is 1. The smallest absolute Gasteiger partial charge is 0.0719 e. The Morgan fingerprint density at radius 1 is 1.50 bits per heavy atom. The summed E-state index contributed by atoms with van der Waals surface area (Å²) < 4.78 is 5.60. The lowest BCUT2D eigenvalue weighted by atomic mass is 10.2. The average Bonchev–Trinajstić information content (AvgIpc) is 2.57. The van der Waals surface area contributed by atoms with Gasteiger partial charge in [0, 0.05) is 6.21 Å². The predicted octanol–water partition coefficient (Wildman–Crippen LogP) is 3.65. The third kappa shape index (κ3) is 6.81. The molecular weight excluding hydrogens is 222 g/mol. The molecule has 1 aliphatic heterocycles. The number of hydrogen-bond acceptors (Lipinski definition) is 2. The Labute approximate surface area is 110 Å². The molecule has 0 saturated heterocycles. The van der Waals surface area contributed by atoms with Gasteiger partial charge in [-0.05, 0) is 31.1 Å². The van der Waals surface area contributed by atoms with Gasteiger partial charge in [0.05, 0.1) is 19.8 Å². The Bertz CT molecular complexity index is 418. The molecule has 2 heteroatoms. The van der Waals surface area contributed by atoms with E-state index in [2.05, 4.69) is 37.6 Å². The van der Waals surface area contributed by atoms with Crippen LogP contribution in [-0.2, 0) is 4.74 Å². The van der Waals surface area contributed by atoms with E-state index in [0.717, 1.165) is 17.7 Å². The van der Waals surface area contributed by atoms with Crippen molar-refractivity contribution in [3.05, 3.63) is 59.8 Å². The second-order valence-corrected chi connectivity index (χ2v) is 4.41. The van der Waals surface area contributed by atoms with Gasteiger partial charge in [-0.2, -0.15) is 0 Å². The van der Waals surface area contributed by atoms with E-state index in [0.29, 0.717) is 13.2 Å². The first-order valence-electron chi connectivity index (χ1n) is 6.11. The molecule has 1 heterocycles. The molecule has 0 N–H and O–H groups in total. The van der Waals surface area contributed by atoms with E-state index in [1.165, 1.54) is 5.57 Å². The number of allylic oxidation sites excluding steroid dienone is 4. The molecule has 0 unspecified atom stereocenters. The zero-order valence-electron chi connectivity index (χ0n) is 11.2. The van der Waals surface area contributed by atoms with Gasteiger partial charge in [0.1, 0.15) is 0 Å². The highest BCUT2D eigenvalue weighted by molar-refractivity contribution is 5.72. The Kier molecular flexibility index (Phi) is 6.74. The second-order valence-electron chi connectivity index (χ2n) is 4.41. The van der Waals surface area contributed by atoms with E-state index >= 15 is 0 Å². The van der Waals surface area contributed by atoms with Crippen molar-refractivity contribution in [1.82, 2.24) is 0 Å². The molecule has 0 spiro atoms. The number of rotatable bonds is 6. The molecule has 0 amide bonds. The highest BCUT2D eigenvalue weighted by Crippen LogP contribution is 2.03. The van der Waals surface area contributed by atoms with Crippen LogP contribution in [0.25, 0.3) is 0 Å². The van der Waals surface area contributed by atoms with Crippen molar-refractivity contribution < 1.29 is 4.74 Å². The van der Waals surface area contributed by atoms with Gasteiger partial charge in [0.15, 0.2) is 0 Å². The summed E-state index contributed by atoms with van der Waals surface area (Å²) in [5.74, 6) is 0. The van der Waals surface area contributed by atoms with Crippen LogP contribution in [0.2, 0.25) is 0 Å². The standard InChI is InChI=1S/C16H21NO/c1-14(2)6-4-7-15(3)12-18-13-16-8-5-10-17-11-9-16/h4-10H,3,11-13H2,1-2H3/b7-4-. The molecule has 0 aromatic heterocycles. The minimum absolute atomic E-state index is 0.555. The van der Waals surface area contributed by atoms with Crippen molar-refractivity contribution in [2.45, 2.75) is 13.8 Å². The maximum absolute atomic E-state index is 5.60. The van der Waals surface area contributed by atoms with E-state index in [1.807, 2.05) is 30.5 Å². The molecule has 0 aromatic carbocycles. The van der Waals surface area contributed by atoms with Crippen LogP contribution in [0.1, 0.15) is 13.8 Å². The first-order chi connectivity index (χ1) is 8.68. The summed E-state index contributed by atoms with van der Waals surface area (Å²) >= 11 is 0. The van der Waals surface area contributed by atoms with Crippen LogP contribution in [0.15, 0.2) is 64.7 Å². The van der Waals surface area contributed by atoms with E-state index in [4.69, 9.17) is 4.74 Å². The second kappa shape index (κ2) is 8.43. The summed E-state index contributed by atoms with van der Waals surface area (Å²) in [6.45, 7) is 9.97. The molecular formula is C16H21NO. The fourth-order valence-corrected chi connectivity index (χ4v) is 1.36. The lowest BCUT2D eigenvalue weighted by Crippen LogP contribution is -2.00. The van der Waals surface area contributed by atoms with Crippen molar-refractivity contribution in [1.29, 1.82) is 0 Å². The summed E-state index contributed by atoms with van der Waals surface area (Å²) in [5, 5.41) is 0. The zero-order chi connectivity index (χ0) is 13.2. The van der Waals surface area contributed by atoms with Gasteiger partial charge in [0.25, 0.3) is 0 Å². The minimum Gasteiger partial charge on any atom is -0.372 e. The number of hydrogen-bond donors (Lipinski definition) is 0. The lowest BCUT2D eigenvalue weighted by molar-refractivity contribution is 0.184. The molecule has 2 nitrogen and oxygen atoms in total. The zero-order valence-corrected chi connectivity index (χ0v) is 11.2. The molecule has 0 atom stereocenters. The number of aliphatic imine (C=N–C) groups is 1. The lowest BCUT2D eigenvalue weighted by Gasteiger charge is -2.04. The van der Waals surface area contributed by atoms with Gasteiger partial charge in [0.2, 0.25) is 0 Å². The van der Waals surface area contributed by atoms with Crippen LogP contribution in [0, 0.1) is 0 Å². The summed E-state index contributed by atoms with van der Waals surface area (Å²) in [7, 11) is 0. The molecule has 0 fully saturated rings. The quantitative estimate of drug-likeness (QED) is 0.652. The average molecular weight is 243 g/mol. The fourth-order valence-electron chi connectivity index (χ4n) is 1.36. The predicted molar refractivity (Wildman–Crippen MR) is 79.1 cm³/mol. The van der Waals surface area contributed by atoms with Crippen molar-refractivity contribution >= 4 is 6.21 Å². The molecule has 0 saturated carbocycles. The van der Waals surface area contributed by atoms with Crippen LogP contribution >= 0.6 is 0 Å². The highest BCUT2D eigenvalue weighted by Gasteiger charge is 1.95. The van der Waals surface area contributed by atoms with Crippen LogP contribution in [0.3, 0.4) is 0 Å². The maximum atomic E-state index is 5.60. The molecule has 0 aliphatic carbocycles. The largest absolute Gasteiger partial charge is 0.372 e. The topological polar surface area (TPSA) is 21.6 Å². The third-order valence-corrected chi connectivity index (χ3v) is 2.28. The van der Waals surface area contributed by atoms with Crippen LogP contribution in [0.5, 0.6) is 0 Å². The van der Waals surface area contributed by atoms with E-state index in [9.17, 15) is 0 Å². The van der Waals surface area contributed by atoms with Crippen molar-refractivity contribution in [3.8, 4) is 0 Å². The van der Waals surface area contributed by atoms with Crippen molar-refractivity contribution in [3.63, 3.8) is 0 Å². The van der Waals surface area contributed by atoms with Gasteiger partial charge in [-0.25, -0.2) is 0 Å². The van der Waals surface area contributed by atoms with E-state index < -0.39 is 0 Å². The first kappa shape index (κ1) is 14.4. The minimum atomic E-state index is 0.555. The Balaban J connectivity index is 2.25. The van der Waals surface area contributed by atoms with Crippen molar-refractivity contribution in [2.75, 3.05) is 19.8 Å². The van der Waals surface area contributed by atoms with Gasteiger partial charge in [-0.1, -0.05) is 42.5 Å². The molecule has 1 aliphatic rings. The third-order valence-electron chi connectivity index (χ3n) is 2.28. The Morgan fingerprint density at radius 2 is 2.33 bits per heavy atom. The molecule has 0 aromatic rings. The van der Waals surface area contributed by atoms with Gasteiger partial charge in [-0.3, -0.25) is 4.99 Å². The molecule has 1 rings (SSSR count). The van der Waals surface area contributed by atoms with Crippen LogP contribution < -0.4 is 0 Å². The van der Waals surface area contributed by atoms with Gasteiger partial charge >= 0.3 is 0 Å². The van der Waals surface area contributed by atoms with E-state index in [-0.39, 0.29) is 0 Å². The summed E-state index contributed by atoms with van der Waals surface area (Å²) in [5.41, 5.74) is 3.41. The van der Waals surface area contributed by atoms with Crippen LogP contribution in [-0.4, -0.2) is 26.0 Å². The maximum Gasteiger partial charge on any atom is 0.0719 e. The molecule has 96 valence electrons. The SMILES string of the molecule is C=C(/C=C\C=C(C)C)COCC1=CCN=CC=C1.